The zero-order chi connectivity index (χ0) is 13.5. The Morgan fingerprint density at radius 2 is 2.06 bits per heavy atom. The van der Waals surface area contributed by atoms with Gasteiger partial charge in [0.1, 0.15) is 6.07 Å². The Morgan fingerprint density at radius 3 is 2.61 bits per heavy atom. The van der Waals surface area contributed by atoms with Gasteiger partial charge in [-0.1, -0.05) is 26.3 Å². The molecule has 2 heteroatoms. The summed E-state index contributed by atoms with van der Waals surface area (Å²) in [6.45, 7) is 9.70. The van der Waals surface area contributed by atoms with E-state index >= 15 is 0 Å². The van der Waals surface area contributed by atoms with Crippen LogP contribution in [0.4, 0.5) is 5.69 Å². The van der Waals surface area contributed by atoms with Gasteiger partial charge in [-0.3, -0.25) is 0 Å². The maximum Gasteiger partial charge on any atom is 0.101 e. The molecule has 0 amide bonds. The van der Waals surface area contributed by atoms with Gasteiger partial charge in [-0.15, -0.1) is 0 Å². The average molecular weight is 244 g/mol. The van der Waals surface area contributed by atoms with Crippen LogP contribution in [0, 0.1) is 18.3 Å². The minimum Gasteiger partial charge on any atom is -0.368 e. The van der Waals surface area contributed by atoms with Gasteiger partial charge in [0.2, 0.25) is 0 Å². The highest BCUT2D eigenvalue weighted by molar-refractivity contribution is 5.60. The van der Waals surface area contributed by atoms with Crippen molar-refractivity contribution in [2.24, 2.45) is 0 Å². The number of hydrogen-bond donors (Lipinski definition) is 0. The fourth-order valence-electron chi connectivity index (χ4n) is 2.12. The third-order valence-electron chi connectivity index (χ3n) is 3.46. The van der Waals surface area contributed by atoms with Crippen LogP contribution in [0.5, 0.6) is 0 Å². The van der Waals surface area contributed by atoms with Crippen molar-refractivity contribution in [2.45, 2.75) is 53.0 Å². The van der Waals surface area contributed by atoms with Crippen LogP contribution in [0.1, 0.15) is 51.2 Å². The minimum atomic E-state index is 0.478. The van der Waals surface area contributed by atoms with Crippen LogP contribution in [0.15, 0.2) is 18.2 Å². The van der Waals surface area contributed by atoms with Crippen molar-refractivity contribution >= 4 is 5.69 Å². The molecule has 0 aliphatic carbocycles. The molecule has 18 heavy (non-hydrogen) atoms. The first-order valence-corrected chi connectivity index (χ1v) is 6.91. The number of nitrogens with zero attached hydrogens (tertiary/aromatic N) is 2. The Morgan fingerprint density at radius 1 is 1.33 bits per heavy atom. The number of hydrogen-bond acceptors (Lipinski definition) is 2. The van der Waals surface area contributed by atoms with Crippen LogP contribution in [-0.2, 0) is 0 Å². The van der Waals surface area contributed by atoms with E-state index in [-0.39, 0.29) is 0 Å². The SMILES string of the molecule is CCCCN(c1ccc(C)cc1C#N)C(C)CC. The predicted octanol–water partition coefficient (Wildman–Crippen LogP) is 4.27. The predicted molar refractivity (Wildman–Crippen MR) is 77.9 cm³/mol. The maximum atomic E-state index is 9.30. The first kappa shape index (κ1) is 14.6. The first-order chi connectivity index (χ1) is 8.63. The number of nitriles is 1. The summed E-state index contributed by atoms with van der Waals surface area (Å²) in [5.41, 5.74) is 3.03. The summed E-state index contributed by atoms with van der Waals surface area (Å²) in [7, 11) is 0. The van der Waals surface area contributed by atoms with E-state index in [9.17, 15) is 5.26 Å². The third kappa shape index (κ3) is 3.50. The van der Waals surface area contributed by atoms with E-state index in [0.29, 0.717) is 6.04 Å². The summed E-state index contributed by atoms with van der Waals surface area (Å²) in [5.74, 6) is 0. The Hall–Kier alpha value is -1.49. The monoisotopic (exact) mass is 244 g/mol. The van der Waals surface area contributed by atoms with E-state index < -0.39 is 0 Å². The zero-order valence-corrected chi connectivity index (χ0v) is 12.0. The van der Waals surface area contributed by atoms with E-state index in [0.717, 1.165) is 29.8 Å². The molecule has 0 aliphatic rings. The minimum absolute atomic E-state index is 0.478. The fourth-order valence-corrected chi connectivity index (χ4v) is 2.12. The van der Waals surface area contributed by atoms with Crippen molar-refractivity contribution < 1.29 is 0 Å². The Bertz CT molecular complexity index is 418. The Labute approximate surface area is 111 Å². The summed E-state index contributed by atoms with van der Waals surface area (Å²) < 4.78 is 0. The van der Waals surface area contributed by atoms with Crippen LogP contribution in [0.3, 0.4) is 0 Å². The second-order valence-corrected chi connectivity index (χ2v) is 4.94. The number of aryl methyl sites for hydroxylation is 1. The molecule has 98 valence electrons. The standard InChI is InChI=1S/C16H24N2/c1-5-7-10-18(14(4)6-2)16-9-8-13(3)11-15(16)12-17/h8-9,11,14H,5-7,10H2,1-4H3. The maximum absolute atomic E-state index is 9.30. The number of unbranched alkanes of at least 4 members (excludes halogenated alkanes) is 1. The molecule has 0 saturated carbocycles. The van der Waals surface area contributed by atoms with Crippen molar-refractivity contribution in [1.29, 1.82) is 5.26 Å². The highest BCUT2D eigenvalue weighted by atomic mass is 15.2. The van der Waals surface area contributed by atoms with E-state index in [1.807, 2.05) is 13.0 Å². The van der Waals surface area contributed by atoms with Gasteiger partial charge in [0, 0.05) is 12.6 Å². The molecule has 0 aromatic heterocycles. The van der Waals surface area contributed by atoms with E-state index in [4.69, 9.17) is 0 Å². The van der Waals surface area contributed by atoms with Gasteiger partial charge < -0.3 is 4.90 Å². The van der Waals surface area contributed by atoms with Gasteiger partial charge in [0.25, 0.3) is 0 Å². The lowest BCUT2D eigenvalue weighted by Gasteiger charge is -2.31. The molecular formula is C16H24N2. The summed E-state index contributed by atoms with van der Waals surface area (Å²) in [6.07, 6.45) is 3.45. The van der Waals surface area contributed by atoms with Gasteiger partial charge in [-0.05, 0) is 44.4 Å². The third-order valence-corrected chi connectivity index (χ3v) is 3.46. The molecule has 1 aromatic rings. The van der Waals surface area contributed by atoms with E-state index in [1.165, 1.54) is 12.8 Å². The second kappa shape index (κ2) is 7.06. The van der Waals surface area contributed by atoms with Crippen LogP contribution >= 0.6 is 0 Å². The van der Waals surface area contributed by atoms with Gasteiger partial charge in [0.05, 0.1) is 11.3 Å². The summed E-state index contributed by atoms with van der Waals surface area (Å²) in [4.78, 5) is 2.38. The molecule has 2 nitrogen and oxygen atoms in total. The van der Waals surface area contributed by atoms with Gasteiger partial charge in [-0.2, -0.15) is 5.26 Å². The fraction of sp³-hybridized carbons (Fsp3) is 0.562. The van der Waals surface area contributed by atoms with Crippen molar-refractivity contribution in [1.82, 2.24) is 0 Å². The first-order valence-electron chi connectivity index (χ1n) is 6.91. The molecule has 0 bridgehead atoms. The zero-order valence-electron chi connectivity index (χ0n) is 12.0. The molecule has 1 atom stereocenters. The number of anilines is 1. The Balaban J connectivity index is 3.08. The quantitative estimate of drug-likeness (QED) is 0.747. The summed E-state index contributed by atoms with van der Waals surface area (Å²) in [5, 5.41) is 9.30. The molecule has 0 spiro atoms. The van der Waals surface area contributed by atoms with Crippen molar-refractivity contribution in [3.63, 3.8) is 0 Å². The molecule has 0 radical (unpaired) electrons. The highest BCUT2D eigenvalue weighted by Gasteiger charge is 2.15. The van der Waals surface area contributed by atoms with E-state index in [1.54, 1.807) is 0 Å². The second-order valence-electron chi connectivity index (χ2n) is 4.94. The highest BCUT2D eigenvalue weighted by Crippen LogP contribution is 2.24. The molecule has 1 aromatic carbocycles. The topological polar surface area (TPSA) is 27.0 Å². The van der Waals surface area contributed by atoms with Crippen LogP contribution in [-0.4, -0.2) is 12.6 Å². The molecular weight excluding hydrogens is 220 g/mol. The lowest BCUT2D eigenvalue weighted by Crippen LogP contribution is -2.34. The van der Waals surface area contributed by atoms with Gasteiger partial charge >= 0.3 is 0 Å². The molecule has 0 heterocycles. The molecule has 0 N–H and O–H groups in total. The molecule has 0 saturated heterocycles. The van der Waals surface area contributed by atoms with Gasteiger partial charge in [-0.25, -0.2) is 0 Å². The van der Waals surface area contributed by atoms with Crippen LogP contribution in [0.2, 0.25) is 0 Å². The van der Waals surface area contributed by atoms with Crippen molar-refractivity contribution in [2.75, 3.05) is 11.4 Å². The number of benzene rings is 1. The average Bonchev–Trinajstić information content (AvgIpc) is 2.39. The summed E-state index contributed by atoms with van der Waals surface area (Å²) in [6, 6.07) is 8.98. The van der Waals surface area contributed by atoms with Crippen molar-refractivity contribution in [3.8, 4) is 6.07 Å². The molecule has 0 fully saturated rings. The van der Waals surface area contributed by atoms with Gasteiger partial charge in [0.15, 0.2) is 0 Å². The molecule has 1 rings (SSSR count). The number of rotatable bonds is 6. The smallest absolute Gasteiger partial charge is 0.101 e. The van der Waals surface area contributed by atoms with Crippen molar-refractivity contribution in [3.05, 3.63) is 29.3 Å². The molecule has 1 unspecified atom stereocenters. The normalized spacial score (nSPS) is 11.9. The molecule has 0 aliphatic heterocycles. The van der Waals surface area contributed by atoms with Crippen LogP contribution in [0.25, 0.3) is 0 Å². The lowest BCUT2D eigenvalue weighted by molar-refractivity contribution is 0.595. The van der Waals surface area contributed by atoms with E-state index in [2.05, 4.69) is 43.9 Å². The van der Waals surface area contributed by atoms with Crippen LogP contribution < -0.4 is 4.90 Å². The Kier molecular flexibility index (Phi) is 5.71. The largest absolute Gasteiger partial charge is 0.368 e. The summed E-state index contributed by atoms with van der Waals surface area (Å²) >= 11 is 0. The lowest BCUT2D eigenvalue weighted by atomic mass is 10.1.